The molecule has 0 radical (unpaired) electrons. The van der Waals surface area contributed by atoms with E-state index in [1.165, 1.54) is 0 Å². The van der Waals surface area contributed by atoms with Gasteiger partial charge in [0.25, 0.3) is 0 Å². The summed E-state index contributed by atoms with van der Waals surface area (Å²) in [6, 6.07) is 0. The van der Waals surface area contributed by atoms with E-state index < -0.39 is 0 Å². The standard InChI is InChI=1S/C10H18Cl4O/c11-5-1-9(13)3-7-15-8-4-10(14)2-6-12/h9-10H,1-8H2. The Morgan fingerprint density at radius 2 is 1.13 bits per heavy atom. The monoisotopic (exact) mass is 294 g/mol. The highest BCUT2D eigenvalue weighted by atomic mass is 35.5. The lowest BCUT2D eigenvalue weighted by Crippen LogP contribution is -2.09. The van der Waals surface area contributed by atoms with Gasteiger partial charge in [0.05, 0.1) is 0 Å². The molecule has 0 aromatic carbocycles. The summed E-state index contributed by atoms with van der Waals surface area (Å²) in [5.74, 6) is 1.21. The number of alkyl halides is 4. The summed E-state index contributed by atoms with van der Waals surface area (Å²) in [4.78, 5) is 0. The smallest absolute Gasteiger partial charge is 0.0480 e. The molecule has 0 heterocycles. The lowest BCUT2D eigenvalue weighted by molar-refractivity contribution is 0.128. The van der Waals surface area contributed by atoms with Crippen LogP contribution in [0, 0.1) is 0 Å². The molecule has 0 fully saturated rings. The van der Waals surface area contributed by atoms with Crippen LogP contribution in [0.3, 0.4) is 0 Å². The van der Waals surface area contributed by atoms with Crippen LogP contribution in [0.5, 0.6) is 0 Å². The number of halogens is 4. The third-order valence-electron chi connectivity index (χ3n) is 2.00. The molecule has 0 aromatic heterocycles. The first kappa shape index (κ1) is 16.1. The van der Waals surface area contributed by atoms with E-state index in [1.54, 1.807) is 0 Å². The molecule has 0 saturated heterocycles. The summed E-state index contributed by atoms with van der Waals surface area (Å²) in [6.45, 7) is 1.35. The van der Waals surface area contributed by atoms with Crippen LogP contribution in [-0.4, -0.2) is 35.7 Å². The molecule has 0 spiro atoms. The van der Waals surface area contributed by atoms with Gasteiger partial charge in [-0.25, -0.2) is 0 Å². The molecule has 0 aliphatic heterocycles. The number of hydrogen-bond acceptors (Lipinski definition) is 1. The van der Waals surface area contributed by atoms with Gasteiger partial charge in [0.1, 0.15) is 0 Å². The summed E-state index contributed by atoms with van der Waals surface area (Å²) >= 11 is 23.0. The molecule has 0 N–H and O–H groups in total. The molecule has 1 nitrogen and oxygen atoms in total. The minimum absolute atomic E-state index is 0.122. The zero-order chi connectivity index (χ0) is 11.5. The minimum Gasteiger partial charge on any atom is -0.381 e. The molecule has 0 rings (SSSR count). The van der Waals surface area contributed by atoms with Crippen molar-refractivity contribution in [1.29, 1.82) is 0 Å². The number of ether oxygens (including phenoxy) is 1. The van der Waals surface area contributed by atoms with Crippen LogP contribution in [0.25, 0.3) is 0 Å². The molecule has 0 amide bonds. The Bertz CT molecular complexity index is 121. The SMILES string of the molecule is ClCCC(Cl)CCOCCC(Cl)CCCl. The fraction of sp³-hybridized carbons (Fsp3) is 1.00. The first-order valence-electron chi connectivity index (χ1n) is 5.18. The molecule has 92 valence electrons. The Kier molecular flexibility index (Phi) is 12.5. The van der Waals surface area contributed by atoms with Crippen molar-refractivity contribution in [2.45, 2.75) is 36.4 Å². The van der Waals surface area contributed by atoms with Gasteiger partial charge < -0.3 is 4.74 Å². The van der Waals surface area contributed by atoms with Crippen molar-refractivity contribution in [2.75, 3.05) is 25.0 Å². The normalized spacial score (nSPS) is 15.2. The first-order valence-corrected chi connectivity index (χ1v) is 7.12. The summed E-state index contributed by atoms with van der Waals surface area (Å²) in [5, 5.41) is 0.245. The van der Waals surface area contributed by atoms with Crippen LogP contribution in [0.15, 0.2) is 0 Å². The lowest BCUT2D eigenvalue weighted by Gasteiger charge is -2.10. The second-order valence-electron chi connectivity index (χ2n) is 3.34. The highest BCUT2D eigenvalue weighted by Gasteiger charge is 2.05. The van der Waals surface area contributed by atoms with E-state index in [-0.39, 0.29) is 10.8 Å². The Labute approximate surface area is 112 Å². The summed E-state index contributed by atoms with van der Waals surface area (Å²) < 4.78 is 5.41. The fourth-order valence-corrected chi connectivity index (χ4v) is 2.20. The predicted octanol–water partition coefficient (Wildman–Crippen LogP) is 4.26. The van der Waals surface area contributed by atoms with Crippen LogP contribution in [0.1, 0.15) is 25.7 Å². The molecular formula is C10H18Cl4O. The van der Waals surface area contributed by atoms with Crippen LogP contribution in [-0.2, 0) is 4.74 Å². The zero-order valence-corrected chi connectivity index (χ0v) is 11.8. The van der Waals surface area contributed by atoms with Gasteiger partial charge in [-0.2, -0.15) is 0 Å². The average Bonchev–Trinajstić information content (AvgIpc) is 2.18. The highest BCUT2D eigenvalue weighted by Crippen LogP contribution is 2.10. The van der Waals surface area contributed by atoms with Gasteiger partial charge in [0.15, 0.2) is 0 Å². The van der Waals surface area contributed by atoms with Gasteiger partial charge in [-0.1, -0.05) is 0 Å². The minimum atomic E-state index is 0.122. The zero-order valence-electron chi connectivity index (χ0n) is 8.73. The maximum Gasteiger partial charge on any atom is 0.0480 e. The van der Waals surface area contributed by atoms with Crippen LogP contribution in [0.4, 0.5) is 0 Å². The van der Waals surface area contributed by atoms with Crippen LogP contribution >= 0.6 is 46.4 Å². The van der Waals surface area contributed by atoms with Crippen molar-refractivity contribution < 1.29 is 4.74 Å². The van der Waals surface area contributed by atoms with Crippen molar-refractivity contribution in [3.63, 3.8) is 0 Å². The third-order valence-corrected chi connectivity index (χ3v) is 3.30. The number of hydrogen-bond donors (Lipinski definition) is 0. The van der Waals surface area contributed by atoms with Crippen LogP contribution in [0.2, 0.25) is 0 Å². The molecule has 0 saturated carbocycles. The predicted molar refractivity (Wildman–Crippen MR) is 70.0 cm³/mol. The Balaban J connectivity index is 3.17. The molecule has 5 heteroatoms. The molecule has 0 aliphatic carbocycles. The maximum atomic E-state index is 5.96. The molecular weight excluding hydrogens is 278 g/mol. The second-order valence-corrected chi connectivity index (χ2v) is 5.33. The van der Waals surface area contributed by atoms with Gasteiger partial charge in [0, 0.05) is 35.7 Å². The van der Waals surface area contributed by atoms with E-state index in [0.29, 0.717) is 25.0 Å². The van der Waals surface area contributed by atoms with E-state index >= 15 is 0 Å². The van der Waals surface area contributed by atoms with E-state index in [4.69, 9.17) is 51.1 Å². The van der Waals surface area contributed by atoms with E-state index in [9.17, 15) is 0 Å². The lowest BCUT2D eigenvalue weighted by atomic mass is 10.2. The first-order chi connectivity index (χ1) is 7.20. The summed E-state index contributed by atoms with van der Waals surface area (Å²) in [6.07, 6.45) is 3.35. The molecule has 0 aliphatic rings. The molecule has 0 bridgehead atoms. The molecule has 2 atom stereocenters. The highest BCUT2D eigenvalue weighted by molar-refractivity contribution is 6.22. The van der Waals surface area contributed by atoms with Crippen molar-refractivity contribution in [2.24, 2.45) is 0 Å². The van der Waals surface area contributed by atoms with Gasteiger partial charge >= 0.3 is 0 Å². The quantitative estimate of drug-likeness (QED) is 0.432. The Hall–Kier alpha value is 1.12. The fourth-order valence-electron chi connectivity index (χ4n) is 1.05. The number of rotatable bonds is 10. The third kappa shape index (κ3) is 11.4. The van der Waals surface area contributed by atoms with Crippen LogP contribution < -0.4 is 0 Å². The molecule has 0 aromatic rings. The van der Waals surface area contributed by atoms with Crippen molar-refractivity contribution in [3.05, 3.63) is 0 Å². The molecule has 15 heavy (non-hydrogen) atoms. The second kappa shape index (κ2) is 11.6. The van der Waals surface area contributed by atoms with Crippen molar-refractivity contribution in [1.82, 2.24) is 0 Å². The largest absolute Gasteiger partial charge is 0.381 e. The van der Waals surface area contributed by atoms with E-state index in [0.717, 1.165) is 25.7 Å². The van der Waals surface area contributed by atoms with Gasteiger partial charge in [0.2, 0.25) is 0 Å². The molecule has 2 unspecified atom stereocenters. The average molecular weight is 296 g/mol. The van der Waals surface area contributed by atoms with Crippen molar-refractivity contribution in [3.8, 4) is 0 Å². The topological polar surface area (TPSA) is 9.23 Å². The Morgan fingerprint density at radius 1 is 0.733 bits per heavy atom. The van der Waals surface area contributed by atoms with E-state index in [1.807, 2.05) is 0 Å². The van der Waals surface area contributed by atoms with Crippen molar-refractivity contribution >= 4 is 46.4 Å². The van der Waals surface area contributed by atoms with E-state index in [2.05, 4.69) is 0 Å². The van der Waals surface area contributed by atoms with Gasteiger partial charge in [-0.15, -0.1) is 46.4 Å². The van der Waals surface area contributed by atoms with Gasteiger partial charge in [-0.3, -0.25) is 0 Å². The van der Waals surface area contributed by atoms with Gasteiger partial charge in [-0.05, 0) is 25.7 Å². The summed E-state index contributed by atoms with van der Waals surface area (Å²) in [7, 11) is 0. The Morgan fingerprint density at radius 3 is 1.47 bits per heavy atom. The summed E-state index contributed by atoms with van der Waals surface area (Å²) in [5.41, 5.74) is 0. The maximum absolute atomic E-state index is 5.96.